The fraction of sp³-hybridized carbons (Fsp3) is 0.526. The van der Waals surface area contributed by atoms with E-state index in [-0.39, 0.29) is 6.10 Å². The normalized spacial score (nSPS) is 17.5. The van der Waals surface area contributed by atoms with Crippen molar-refractivity contribution in [3.8, 4) is 0 Å². The summed E-state index contributed by atoms with van der Waals surface area (Å²) in [6, 6.07) is 10.4. The Balaban J connectivity index is 1.69. The molecule has 1 aromatic carbocycles. The second-order valence-electron chi connectivity index (χ2n) is 6.72. The summed E-state index contributed by atoms with van der Waals surface area (Å²) in [7, 11) is 4.02. The van der Waals surface area contributed by atoms with E-state index in [0.717, 1.165) is 50.1 Å². The first-order valence-electron chi connectivity index (χ1n) is 9.13. The summed E-state index contributed by atoms with van der Waals surface area (Å²) in [5.74, 6) is 2.60. The molecule has 0 radical (unpaired) electrons. The first-order chi connectivity index (χ1) is 12.6. The monoisotopic (exact) mass is 356 g/mol. The van der Waals surface area contributed by atoms with Gasteiger partial charge in [0.15, 0.2) is 11.8 Å². The predicted octanol–water partition coefficient (Wildman–Crippen LogP) is 1.88. The number of benzene rings is 1. The third kappa shape index (κ3) is 4.82. The second kappa shape index (κ2) is 8.80. The summed E-state index contributed by atoms with van der Waals surface area (Å²) in [6.45, 7) is 4.85. The van der Waals surface area contributed by atoms with E-state index in [1.807, 2.05) is 24.6 Å². The Morgan fingerprint density at radius 2 is 2.15 bits per heavy atom. The molecule has 0 amide bonds. The minimum absolute atomic E-state index is 0.266. The Morgan fingerprint density at radius 1 is 1.35 bits per heavy atom. The van der Waals surface area contributed by atoms with E-state index in [0.29, 0.717) is 6.54 Å². The van der Waals surface area contributed by atoms with Gasteiger partial charge in [-0.25, -0.2) is 4.99 Å². The lowest BCUT2D eigenvalue weighted by atomic mass is 10.2. The van der Waals surface area contributed by atoms with E-state index >= 15 is 0 Å². The molecular formula is C19H28N6O. The van der Waals surface area contributed by atoms with E-state index in [1.165, 1.54) is 5.56 Å². The van der Waals surface area contributed by atoms with Crippen LogP contribution in [-0.2, 0) is 24.9 Å². The maximum atomic E-state index is 5.72. The van der Waals surface area contributed by atoms with Gasteiger partial charge in [-0.05, 0) is 25.3 Å². The maximum Gasteiger partial charge on any atom is 0.194 e. The zero-order valence-corrected chi connectivity index (χ0v) is 15.9. The van der Waals surface area contributed by atoms with Crippen molar-refractivity contribution >= 4 is 5.96 Å². The zero-order chi connectivity index (χ0) is 18.4. The van der Waals surface area contributed by atoms with Crippen LogP contribution >= 0.6 is 0 Å². The smallest absolute Gasteiger partial charge is 0.194 e. The van der Waals surface area contributed by atoms with Gasteiger partial charge < -0.3 is 19.5 Å². The molecule has 140 valence electrons. The largest absolute Gasteiger partial charge is 0.376 e. The van der Waals surface area contributed by atoms with Gasteiger partial charge in [0.05, 0.1) is 6.10 Å². The molecule has 3 rings (SSSR count). The number of guanidine groups is 1. The second-order valence-corrected chi connectivity index (χ2v) is 6.72. The van der Waals surface area contributed by atoms with Crippen LogP contribution < -0.4 is 5.32 Å². The van der Waals surface area contributed by atoms with Gasteiger partial charge in [-0.1, -0.05) is 30.3 Å². The molecule has 7 nitrogen and oxygen atoms in total. The number of aromatic nitrogens is 3. The van der Waals surface area contributed by atoms with Gasteiger partial charge in [0.25, 0.3) is 0 Å². The first-order valence-corrected chi connectivity index (χ1v) is 9.13. The van der Waals surface area contributed by atoms with Crippen LogP contribution in [0.3, 0.4) is 0 Å². The number of hydrogen-bond acceptors (Lipinski definition) is 4. The zero-order valence-electron chi connectivity index (χ0n) is 15.9. The van der Waals surface area contributed by atoms with Crippen LogP contribution in [0, 0.1) is 6.92 Å². The molecule has 1 aliphatic heterocycles. The van der Waals surface area contributed by atoms with Crippen molar-refractivity contribution in [2.24, 2.45) is 12.0 Å². The summed E-state index contributed by atoms with van der Waals surface area (Å²) in [4.78, 5) is 6.91. The van der Waals surface area contributed by atoms with Gasteiger partial charge >= 0.3 is 0 Å². The van der Waals surface area contributed by atoms with E-state index in [2.05, 4.69) is 51.7 Å². The lowest BCUT2D eigenvalue weighted by molar-refractivity contribution is 0.113. The van der Waals surface area contributed by atoms with Gasteiger partial charge in [0.1, 0.15) is 12.4 Å². The first kappa shape index (κ1) is 18.4. The molecule has 1 unspecified atom stereocenters. The van der Waals surface area contributed by atoms with Gasteiger partial charge in [0.2, 0.25) is 0 Å². The van der Waals surface area contributed by atoms with Crippen molar-refractivity contribution in [1.82, 2.24) is 25.0 Å². The van der Waals surface area contributed by atoms with E-state index in [1.54, 1.807) is 0 Å². The van der Waals surface area contributed by atoms with Crippen LogP contribution in [0.25, 0.3) is 0 Å². The van der Waals surface area contributed by atoms with Crippen LogP contribution in [0.5, 0.6) is 0 Å². The number of hydrogen-bond donors (Lipinski definition) is 1. The molecule has 0 spiro atoms. The predicted molar refractivity (Wildman–Crippen MR) is 102 cm³/mol. The van der Waals surface area contributed by atoms with Crippen LogP contribution in [0.4, 0.5) is 0 Å². The van der Waals surface area contributed by atoms with Crippen molar-refractivity contribution in [2.75, 3.05) is 20.2 Å². The highest BCUT2D eigenvalue weighted by molar-refractivity contribution is 5.79. The summed E-state index contributed by atoms with van der Waals surface area (Å²) in [5.41, 5.74) is 1.25. The molecule has 1 aliphatic rings. The topological polar surface area (TPSA) is 67.6 Å². The molecule has 2 heterocycles. The van der Waals surface area contributed by atoms with Crippen molar-refractivity contribution in [1.29, 1.82) is 0 Å². The van der Waals surface area contributed by atoms with E-state index in [9.17, 15) is 0 Å². The fourth-order valence-electron chi connectivity index (χ4n) is 2.99. The summed E-state index contributed by atoms with van der Waals surface area (Å²) in [6.07, 6.45) is 2.50. The number of ether oxygens (including phenoxy) is 1. The highest BCUT2D eigenvalue weighted by Crippen LogP contribution is 2.11. The molecule has 1 atom stereocenters. The molecule has 26 heavy (non-hydrogen) atoms. The molecule has 2 aromatic rings. The molecule has 1 saturated heterocycles. The summed E-state index contributed by atoms with van der Waals surface area (Å²) < 4.78 is 7.69. The molecule has 1 N–H and O–H groups in total. The average molecular weight is 356 g/mol. The lowest BCUT2D eigenvalue weighted by Crippen LogP contribution is -2.42. The van der Waals surface area contributed by atoms with Gasteiger partial charge in [-0.2, -0.15) is 0 Å². The Bertz CT molecular complexity index is 721. The van der Waals surface area contributed by atoms with Gasteiger partial charge in [-0.15, -0.1) is 10.2 Å². The lowest BCUT2D eigenvalue weighted by Gasteiger charge is -2.24. The SMILES string of the molecule is Cc1nnc(CN=C(NCC2CCCO2)N(C)Cc2ccccc2)n1C. The van der Waals surface area contributed by atoms with Crippen LogP contribution in [-0.4, -0.2) is 51.9 Å². The number of aryl methyl sites for hydroxylation is 1. The Hall–Kier alpha value is -2.41. The van der Waals surface area contributed by atoms with E-state index < -0.39 is 0 Å². The summed E-state index contributed by atoms with van der Waals surface area (Å²) in [5, 5.41) is 11.8. The number of rotatable bonds is 6. The van der Waals surface area contributed by atoms with Gasteiger partial charge in [-0.3, -0.25) is 0 Å². The minimum Gasteiger partial charge on any atom is -0.376 e. The van der Waals surface area contributed by atoms with Gasteiger partial charge in [0, 0.05) is 33.8 Å². The fourth-order valence-corrected chi connectivity index (χ4v) is 2.99. The third-order valence-electron chi connectivity index (χ3n) is 4.69. The molecule has 7 heteroatoms. The molecule has 0 bridgehead atoms. The van der Waals surface area contributed by atoms with Crippen molar-refractivity contribution < 1.29 is 4.74 Å². The van der Waals surface area contributed by atoms with Crippen LogP contribution in [0.2, 0.25) is 0 Å². The van der Waals surface area contributed by atoms with Crippen molar-refractivity contribution in [3.63, 3.8) is 0 Å². The minimum atomic E-state index is 0.266. The highest BCUT2D eigenvalue weighted by atomic mass is 16.5. The molecule has 1 aromatic heterocycles. The Morgan fingerprint density at radius 3 is 2.81 bits per heavy atom. The quantitative estimate of drug-likeness (QED) is 0.632. The Labute approximate surface area is 155 Å². The van der Waals surface area contributed by atoms with Crippen molar-refractivity contribution in [3.05, 3.63) is 47.5 Å². The average Bonchev–Trinajstić information content (AvgIpc) is 3.27. The third-order valence-corrected chi connectivity index (χ3v) is 4.69. The van der Waals surface area contributed by atoms with Crippen LogP contribution in [0.15, 0.2) is 35.3 Å². The highest BCUT2D eigenvalue weighted by Gasteiger charge is 2.17. The number of aliphatic imine (C=N–C) groups is 1. The Kier molecular flexibility index (Phi) is 6.22. The van der Waals surface area contributed by atoms with E-state index in [4.69, 9.17) is 9.73 Å². The molecule has 0 aliphatic carbocycles. The summed E-state index contributed by atoms with van der Waals surface area (Å²) >= 11 is 0. The number of nitrogens with zero attached hydrogens (tertiary/aromatic N) is 5. The number of nitrogens with one attached hydrogen (secondary N) is 1. The maximum absolute atomic E-state index is 5.72. The molecular weight excluding hydrogens is 328 g/mol. The molecule has 1 fully saturated rings. The van der Waals surface area contributed by atoms with Crippen molar-refractivity contribution in [2.45, 2.75) is 39.0 Å². The van der Waals surface area contributed by atoms with Crippen LogP contribution in [0.1, 0.15) is 30.1 Å². The molecule has 0 saturated carbocycles. The standard InChI is InChI=1S/C19H28N6O/c1-15-22-23-18(25(15)3)13-21-19(20-12-17-10-7-11-26-17)24(2)14-16-8-5-4-6-9-16/h4-6,8-9,17H,7,10-14H2,1-3H3,(H,20,21).